The van der Waals surface area contributed by atoms with Crippen LogP contribution >= 0.6 is 0 Å². The first-order valence-corrected chi connectivity index (χ1v) is 30.3. The maximum absolute atomic E-state index is 4.46. The number of aromatic nitrogens is 4. The third kappa shape index (κ3) is 15.1. The topological polar surface area (TPSA) is 51.6 Å². The van der Waals surface area contributed by atoms with Gasteiger partial charge in [-0.3, -0.25) is 19.9 Å². The third-order valence-electron chi connectivity index (χ3n) is 17.3. The van der Waals surface area contributed by atoms with Gasteiger partial charge in [-0.1, -0.05) is 132 Å². The molecule has 0 aliphatic heterocycles. The summed E-state index contributed by atoms with van der Waals surface area (Å²) < 4.78 is 0. The van der Waals surface area contributed by atoms with Gasteiger partial charge in [0.05, 0.1) is 0 Å². The summed E-state index contributed by atoms with van der Waals surface area (Å²) in [6.45, 7) is 28.8. The number of nitrogens with zero attached hydrogens (tertiary/aromatic N) is 4. The van der Waals surface area contributed by atoms with Gasteiger partial charge in [-0.2, -0.15) is 0 Å². The summed E-state index contributed by atoms with van der Waals surface area (Å²) in [7, 11) is 0. The van der Waals surface area contributed by atoms with Crippen LogP contribution in [-0.2, 0) is 98.7 Å². The van der Waals surface area contributed by atoms with E-state index in [9.17, 15) is 0 Å². The fourth-order valence-corrected chi connectivity index (χ4v) is 12.3. The Morgan fingerprint density at radius 1 is 0.250 bits per heavy atom. The summed E-state index contributed by atoms with van der Waals surface area (Å²) in [5, 5.41) is 0. The standard InChI is InChI=1S/C76H92N4/c1-73(2,3)65-45-57-17-13-19-59-47-66(74(4,5)6)49-61(70(59)42-54-27-35-78-36-28-54)21-15-23-63-51-68(76(10,11)12)52-64(72(63)44-56-31-39-80-40-32-56)24-16-22-62-50-67(75(7,8)9)48-60(71(62)43-55-29-37-79-38-30-55)20-14-18-58(46-65)69(57)41-53-25-33-77-34-26-53/h25-40,45-52H,13-24,41-44H2,1-12H3. The first kappa shape index (κ1) is 58.1. The summed E-state index contributed by atoms with van der Waals surface area (Å²) in [4.78, 5) is 17.8. The van der Waals surface area contributed by atoms with Crippen molar-refractivity contribution >= 4 is 0 Å². The molecule has 0 saturated heterocycles. The fourth-order valence-electron chi connectivity index (χ4n) is 12.3. The van der Waals surface area contributed by atoms with Crippen molar-refractivity contribution in [2.75, 3.05) is 0 Å². The Kier molecular flexibility index (Phi) is 18.2. The molecule has 8 bridgehead atoms. The van der Waals surface area contributed by atoms with Crippen LogP contribution in [0.5, 0.6) is 0 Å². The van der Waals surface area contributed by atoms with Gasteiger partial charge in [0.1, 0.15) is 0 Å². The third-order valence-corrected chi connectivity index (χ3v) is 17.3. The summed E-state index contributed by atoms with van der Waals surface area (Å²) in [6.07, 6.45) is 31.9. The average molecular weight is 1060 g/mol. The van der Waals surface area contributed by atoms with Crippen molar-refractivity contribution in [1.29, 1.82) is 0 Å². The molecule has 4 heteroatoms. The van der Waals surface area contributed by atoms with Gasteiger partial charge in [0.2, 0.25) is 0 Å². The lowest BCUT2D eigenvalue weighted by molar-refractivity contribution is 0.585. The van der Waals surface area contributed by atoms with Crippen LogP contribution in [0.3, 0.4) is 0 Å². The Morgan fingerprint density at radius 3 is 0.537 bits per heavy atom. The van der Waals surface area contributed by atoms with Gasteiger partial charge in [0, 0.05) is 49.6 Å². The smallest absolute Gasteiger partial charge is 0.0270 e. The van der Waals surface area contributed by atoms with E-state index in [4.69, 9.17) is 0 Å². The lowest BCUT2D eigenvalue weighted by atomic mass is 9.78. The van der Waals surface area contributed by atoms with Crippen molar-refractivity contribution in [3.8, 4) is 0 Å². The Morgan fingerprint density at radius 2 is 0.400 bits per heavy atom. The first-order chi connectivity index (χ1) is 38.2. The molecule has 8 aromatic rings. The van der Waals surface area contributed by atoms with Crippen LogP contribution in [0.2, 0.25) is 0 Å². The highest BCUT2D eigenvalue weighted by Crippen LogP contribution is 2.37. The second kappa shape index (κ2) is 25.1. The molecule has 0 unspecified atom stereocenters. The molecule has 0 atom stereocenters. The van der Waals surface area contributed by atoms with Crippen molar-refractivity contribution in [2.45, 2.75) is 207 Å². The van der Waals surface area contributed by atoms with E-state index in [-0.39, 0.29) is 21.7 Å². The average Bonchev–Trinajstić information content (AvgIpc) is 3.41. The van der Waals surface area contributed by atoms with Crippen LogP contribution in [0.15, 0.2) is 147 Å². The van der Waals surface area contributed by atoms with Crippen molar-refractivity contribution < 1.29 is 0 Å². The van der Waals surface area contributed by atoms with E-state index in [2.05, 4.69) is 200 Å². The molecule has 0 N–H and O–H groups in total. The maximum atomic E-state index is 4.46. The zero-order chi connectivity index (χ0) is 56.7. The van der Waals surface area contributed by atoms with E-state index in [0.717, 1.165) is 103 Å². The van der Waals surface area contributed by atoms with Gasteiger partial charge in [-0.05, 0) is 284 Å². The molecule has 4 heterocycles. The Bertz CT molecular complexity index is 2770. The van der Waals surface area contributed by atoms with Gasteiger partial charge in [0.15, 0.2) is 0 Å². The molecule has 0 saturated carbocycles. The highest BCUT2D eigenvalue weighted by molar-refractivity contribution is 5.50. The van der Waals surface area contributed by atoms with Crippen LogP contribution in [0.1, 0.15) is 220 Å². The molecule has 0 spiro atoms. The minimum absolute atomic E-state index is 0.0110. The molecule has 80 heavy (non-hydrogen) atoms. The van der Waals surface area contributed by atoms with Crippen LogP contribution in [-0.4, -0.2) is 19.9 Å². The van der Waals surface area contributed by atoms with E-state index in [1.165, 1.54) is 111 Å². The number of hydrogen-bond donors (Lipinski definition) is 0. The van der Waals surface area contributed by atoms with Crippen molar-refractivity contribution in [1.82, 2.24) is 19.9 Å². The van der Waals surface area contributed by atoms with E-state index < -0.39 is 0 Å². The maximum Gasteiger partial charge on any atom is 0.0270 e. The highest BCUT2D eigenvalue weighted by Gasteiger charge is 2.25. The summed E-state index contributed by atoms with van der Waals surface area (Å²) in [6, 6.07) is 38.5. The van der Waals surface area contributed by atoms with Crippen molar-refractivity contribution in [2.24, 2.45) is 0 Å². The van der Waals surface area contributed by atoms with Gasteiger partial charge in [-0.25, -0.2) is 0 Å². The van der Waals surface area contributed by atoms with Gasteiger partial charge < -0.3 is 0 Å². The van der Waals surface area contributed by atoms with Crippen LogP contribution in [0.4, 0.5) is 0 Å². The SMILES string of the molecule is CC(C)(C)c1cc2c(Cc3ccncc3)c(c1)CCCc1cc(C(C)(C)C)cc(c1Cc1ccncc1)CCCc1cc(C(C)(C)C)cc(c1Cc1ccncc1)CCCc1cc(C(C)(C)C)cc(c1Cc1ccncc1)CCC2. The van der Waals surface area contributed by atoms with Gasteiger partial charge in [-0.15, -0.1) is 0 Å². The number of aryl methyl sites for hydroxylation is 8. The quantitative estimate of drug-likeness (QED) is 0.152. The molecule has 1 aliphatic carbocycles. The van der Waals surface area contributed by atoms with Crippen LogP contribution in [0.25, 0.3) is 0 Å². The molecule has 0 radical (unpaired) electrons. The summed E-state index contributed by atoms with van der Waals surface area (Å²) >= 11 is 0. The number of hydrogen-bond acceptors (Lipinski definition) is 4. The predicted octanol–water partition coefficient (Wildman–Crippen LogP) is 17.8. The van der Waals surface area contributed by atoms with Crippen LogP contribution < -0.4 is 0 Å². The molecular formula is C76H92N4. The molecule has 9 rings (SSSR count). The minimum atomic E-state index is 0.0110. The number of fused-ring (bicyclic) bond motifs is 8. The molecule has 416 valence electrons. The molecule has 4 nitrogen and oxygen atoms in total. The molecule has 1 aliphatic rings. The Hall–Kier alpha value is -6.52. The van der Waals surface area contributed by atoms with Crippen LogP contribution in [0, 0.1) is 0 Å². The fraction of sp³-hybridized carbons (Fsp3) is 0.421. The van der Waals surface area contributed by atoms with Gasteiger partial charge in [0.25, 0.3) is 0 Å². The monoisotopic (exact) mass is 1060 g/mol. The minimum Gasteiger partial charge on any atom is -0.265 e. The van der Waals surface area contributed by atoms with Crippen molar-refractivity contribution in [3.05, 3.63) is 258 Å². The second-order valence-electron chi connectivity index (χ2n) is 27.6. The van der Waals surface area contributed by atoms with E-state index in [1.54, 1.807) is 0 Å². The zero-order valence-corrected chi connectivity index (χ0v) is 51.0. The van der Waals surface area contributed by atoms with E-state index in [1.807, 2.05) is 49.6 Å². The second-order valence-corrected chi connectivity index (χ2v) is 27.6. The lowest BCUT2D eigenvalue weighted by Crippen LogP contribution is -2.16. The molecule has 4 aromatic heterocycles. The van der Waals surface area contributed by atoms with Crippen molar-refractivity contribution in [3.63, 3.8) is 0 Å². The Balaban J connectivity index is 1.22. The normalized spacial score (nSPS) is 14.3. The number of pyridine rings is 4. The van der Waals surface area contributed by atoms with Gasteiger partial charge >= 0.3 is 0 Å². The summed E-state index contributed by atoms with van der Waals surface area (Å²) in [5.74, 6) is 0. The molecular weight excluding hydrogens is 969 g/mol. The lowest BCUT2D eigenvalue weighted by Gasteiger charge is -2.27. The molecule has 0 fully saturated rings. The predicted molar refractivity (Wildman–Crippen MR) is 337 cm³/mol. The largest absolute Gasteiger partial charge is 0.265 e. The zero-order valence-electron chi connectivity index (χ0n) is 51.0. The molecule has 4 aromatic carbocycles. The summed E-state index contributed by atoms with van der Waals surface area (Å²) in [5.41, 5.74) is 29.3. The molecule has 0 amide bonds. The number of benzene rings is 4. The Labute approximate surface area is 482 Å². The highest BCUT2D eigenvalue weighted by atomic mass is 14.6. The number of rotatable bonds is 8. The first-order valence-electron chi connectivity index (χ1n) is 30.3. The van der Waals surface area contributed by atoms with E-state index in [0.29, 0.717) is 0 Å². The van der Waals surface area contributed by atoms with E-state index >= 15 is 0 Å².